The molecule has 2 rings (SSSR count). The Morgan fingerprint density at radius 2 is 2.10 bits per heavy atom. The summed E-state index contributed by atoms with van der Waals surface area (Å²) in [6, 6.07) is 6.67. The first-order valence-corrected chi connectivity index (χ1v) is 6.73. The molecule has 5 nitrogen and oxygen atoms in total. The molecule has 1 aromatic carbocycles. The van der Waals surface area contributed by atoms with Crippen LogP contribution in [0.25, 0.3) is 11.3 Å². The van der Waals surface area contributed by atoms with Crippen LogP contribution in [0.2, 0.25) is 0 Å². The molecule has 0 atom stereocenters. The second kappa shape index (κ2) is 5.50. The minimum absolute atomic E-state index is 0.134. The normalized spacial score (nSPS) is 11.3. The van der Waals surface area contributed by atoms with E-state index in [9.17, 15) is 15.0 Å². The van der Waals surface area contributed by atoms with Crippen LogP contribution in [0.4, 0.5) is 0 Å². The SMILES string of the molecule is CC(C)(Sc1cncnc1-c1cccc(O)c1)C(=O)O. The van der Waals surface area contributed by atoms with Crippen LogP contribution in [0.3, 0.4) is 0 Å². The first kappa shape index (κ1) is 14.3. The lowest BCUT2D eigenvalue weighted by Crippen LogP contribution is -2.27. The van der Waals surface area contributed by atoms with Gasteiger partial charge >= 0.3 is 5.97 Å². The summed E-state index contributed by atoms with van der Waals surface area (Å²) in [5.41, 5.74) is 1.33. The lowest BCUT2D eigenvalue weighted by molar-refractivity contribution is -0.138. The molecule has 0 aliphatic rings. The van der Waals surface area contributed by atoms with Crippen LogP contribution in [0.1, 0.15) is 13.8 Å². The molecule has 0 unspecified atom stereocenters. The minimum atomic E-state index is -0.990. The number of phenols is 1. The predicted octanol–water partition coefficient (Wildman–Crippen LogP) is 2.80. The fraction of sp³-hybridized carbons (Fsp3) is 0.214. The molecule has 0 radical (unpaired) electrons. The quantitative estimate of drug-likeness (QED) is 0.842. The van der Waals surface area contributed by atoms with E-state index in [1.54, 1.807) is 44.3 Å². The van der Waals surface area contributed by atoms with E-state index in [0.717, 1.165) is 5.56 Å². The number of carbonyl (C=O) groups is 1. The van der Waals surface area contributed by atoms with E-state index in [0.29, 0.717) is 10.6 Å². The Balaban J connectivity index is 2.44. The molecular weight excluding hydrogens is 276 g/mol. The number of carboxylic acid groups (broad SMARTS) is 1. The molecule has 104 valence electrons. The highest BCUT2D eigenvalue weighted by atomic mass is 32.2. The Bertz CT molecular complexity index is 644. The van der Waals surface area contributed by atoms with E-state index >= 15 is 0 Å². The maximum Gasteiger partial charge on any atom is 0.319 e. The van der Waals surface area contributed by atoms with E-state index in [2.05, 4.69) is 9.97 Å². The van der Waals surface area contributed by atoms with Gasteiger partial charge in [-0.25, -0.2) is 9.97 Å². The molecule has 0 saturated heterocycles. The summed E-state index contributed by atoms with van der Waals surface area (Å²) in [4.78, 5) is 20.0. The van der Waals surface area contributed by atoms with Crippen molar-refractivity contribution in [3.8, 4) is 17.0 Å². The summed E-state index contributed by atoms with van der Waals surface area (Å²) < 4.78 is -0.990. The standard InChI is InChI=1S/C14H14N2O3S/c1-14(2,13(18)19)20-11-7-15-8-16-12(11)9-4-3-5-10(17)6-9/h3-8,17H,1-2H3,(H,18,19). The van der Waals surface area contributed by atoms with Gasteiger partial charge in [0, 0.05) is 11.8 Å². The molecule has 0 aliphatic heterocycles. The van der Waals surface area contributed by atoms with Gasteiger partial charge in [-0.3, -0.25) is 4.79 Å². The van der Waals surface area contributed by atoms with Crippen molar-refractivity contribution >= 4 is 17.7 Å². The van der Waals surface area contributed by atoms with Crippen molar-refractivity contribution < 1.29 is 15.0 Å². The number of hydrogen-bond donors (Lipinski definition) is 2. The van der Waals surface area contributed by atoms with Crippen LogP contribution in [0, 0.1) is 0 Å². The Hall–Kier alpha value is -2.08. The largest absolute Gasteiger partial charge is 0.508 e. The van der Waals surface area contributed by atoms with Crippen LogP contribution >= 0.6 is 11.8 Å². The molecule has 0 amide bonds. The Morgan fingerprint density at radius 3 is 2.75 bits per heavy atom. The van der Waals surface area contributed by atoms with Crippen LogP contribution in [0.5, 0.6) is 5.75 Å². The zero-order valence-electron chi connectivity index (χ0n) is 11.1. The monoisotopic (exact) mass is 290 g/mol. The summed E-state index contributed by atoms with van der Waals surface area (Å²) in [5.74, 6) is -0.775. The van der Waals surface area contributed by atoms with Gasteiger partial charge in [-0.05, 0) is 26.0 Å². The van der Waals surface area contributed by atoms with E-state index in [-0.39, 0.29) is 5.75 Å². The average Bonchev–Trinajstić information content (AvgIpc) is 2.38. The Morgan fingerprint density at radius 1 is 1.35 bits per heavy atom. The summed E-state index contributed by atoms with van der Waals surface area (Å²) in [6.45, 7) is 3.25. The first-order valence-electron chi connectivity index (χ1n) is 5.92. The van der Waals surface area contributed by atoms with E-state index in [1.807, 2.05) is 0 Å². The number of carboxylic acids is 1. The average molecular weight is 290 g/mol. The van der Waals surface area contributed by atoms with Crippen molar-refractivity contribution in [2.45, 2.75) is 23.5 Å². The molecule has 0 aliphatic carbocycles. The maximum absolute atomic E-state index is 11.2. The number of phenolic OH excluding ortho intramolecular Hbond substituents is 1. The number of nitrogens with zero attached hydrogens (tertiary/aromatic N) is 2. The van der Waals surface area contributed by atoms with Crippen LogP contribution in [0.15, 0.2) is 41.7 Å². The minimum Gasteiger partial charge on any atom is -0.508 e. The summed E-state index contributed by atoms with van der Waals surface area (Å²) >= 11 is 1.18. The molecular formula is C14H14N2O3S. The number of rotatable bonds is 4. The van der Waals surface area contributed by atoms with Crippen LogP contribution in [-0.2, 0) is 4.79 Å². The van der Waals surface area contributed by atoms with Crippen molar-refractivity contribution in [3.05, 3.63) is 36.8 Å². The van der Waals surface area contributed by atoms with Gasteiger partial charge in [-0.1, -0.05) is 12.1 Å². The number of aliphatic carboxylic acids is 1. The van der Waals surface area contributed by atoms with Gasteiger partial charge in [-0.15, -0.1) is 11.8 Å². The molecule has 0 bridgehead atoms. The van der Waals surface area contributed by atoms with Crippen molar-refractivity contribution in [1.29, 1.82) is 0 Å². The van der Waals surface area contributed by atoms with E-state index in [4.69, 9.17) is 0 Å². The van der Waals surface area contributed by atoms with Crippen molar-refractivity contribution in [2.24, 2.45) is 0 Å². The Labute approximate surface area is 120 Å². The zero-order valence-corrected chi connectivity index (χ0v) is 11.9. The van der Waals surface area contributed by atoms with Crippen LogP contribution in [-0.4, -0.2) is 30.9 Å². The second-order valence-electron chi connectivity index (χ2n) is 4.70. The van der Waals surface area contributed by atoms with Crippen molar-refractivity contribution in [1.82, 2.24) is 9.97 Å². The van der Waals surface area contributed by atoms with Gasteiger partial charge in [0.15, 0.2) is 0 Å². The van der Waals surface area contributed by atoms with Gasteiger partial charge < -0.3 is 10.2 Å². The number of aromatic hydroxyl groups is 1. The van der Waals surface area contributed by atoms with Gasteiger partial charge in [0.25, 0.3) is 0 Å². The van der Waals surface area contributed by atoms with E-state index < -0.39 is 10.7 Å². The molecule has 2 aromatic rings. The molecule has 2 N–H and O–H groups in total. The van der Waals surface area contributed by atoms with Gasteiger partial charge in [0.2, 0.25) is 0 Å². The fourth-order valence-corrected chi connectivity index (χ4v) is 2.60. The molecule has 0 spiro atoms. The number of thioether (sulfide) groups is 1. The molecule has 1 heterocycles. The molecule has 20 heavy (non-hydrogen) atoms. The van der Waals surface area contributed by atoms with Gasteiger partial charge in [-0.2, -0.15) is 0 Å². The summed E-state index contributed by atoms with van der Waals surface area (Å²) in [6.07, 6.45) is 2.99. The zero-order chi connectivity index (χ0) is 14.8. The predicted molar refractivity (Wildman–Crippen MR) is 76.7 cm³/mol. The fourth-order valence-electron chi connectivity index (χ4n) is 1.58. The van der Waals surface area contributed by atoms with Crippen LogP contribution < -0.4 is 0 Å². The first-order chi connectivity index (χ1) is 9.40. The summed E-state index contributed by atoms with van der Waals surface area (Å²) in [5, 5.41) is 18.7. The lowest BCUT2D eigenvalue weighted by atomic mass is 10.1. The third kappa shape index (κ3) is 3.08. The highest BCUT2D eigenvalue weighted by molar-refractivity contribution is 8.01. The highest BCUT2D eigenvalue weighted by Crippen LogP contribution is 2.37. The third-order valence-corrected chi connectivity index (χ3v) is 3.88. The Kier molecular flexibility index (Phi) is 3.94. The molecule has 0 saturated carbocycles. The third-order valence-electron chi connectivity index (χ3n) is 2.68. The number of aromatic nitrogens is 2. The lowest BCUT2D eigenvalue weighted by Gasteiger charge is -2.19. The van der Waals surface area contributed by atoms with Crippen molar-refractivity contribution in [3.63, 3.8) is 0 Å². The maximum atomic E-state index is 11.2. The highest BCUT2D eigenvalue weighted by Gasteiger charge is 2.30. The molecule has 6 heteroatoms. The number of benzene rings is 1. The van der Waals surface area contributed by atoms with Crippen molar-refractivity contribution in [2.75, 3.05) is 0 Å². The van der Waals surface area contributed by atoms with Gasteiger partial charge in [0.05, 0.1) is 10.6 Å². The smallest absolute Gasteiger partial charge is 0.319 e. The molecule has 0 fully saturated rings. The van der Waals surface area contributed by atoms with Gasteiger partial charge in [0.1, 0.15) is 16.8 Å². The van der Waals surface area contributed by atoms with E-state index in [1.165, 1.54) is 18.1 Å². The topological polar surface area (TPSA) is 83.3 Å². The number of hydrogen-bond acceptors (Lipinski definition) is 5. The second-order valence-corrected chi connectivity index (χ2v) is 6.37. The summed E-state index contributed by atoms with van der Waals surface area (Å²) in [7, 11) is 0. The molecule has 1 aromatic heterocycles.